The van der Waals surface area contributed by atoms with Gasteiger partial charge in [0, 0.05) is 24.7 Å². The van der Waals surface area contributed by atoms with Gasteiger partial charge >= 0.3 is 0 Å². The average Bonchev–Trinajstić information content (AvgIpc) is 2.54. The molecule has 1 N–H and O–H groups in total. The fourth-order valence-corrected chi connectivity index (χ4v) is 3.98. The topological polar surface area (TPSA) is 66.5 Å². The summed E-state index contributed by atoms with van der Waals surface area (Å²) in [6.07, 6.45) is 1.94. The van der Waals surface area contributed by atoms with E-state index in [1.165, 1.54) is 16.4 Å². The lowest BCUT2D eigenvalue weighted by Crippen LogP contribution is -2.33. The maximum absolute atomic E-state index is 12.6. The predicted octanol–water partition coefficient (Wildman–Crippen LogP) is 3.27. The minimum atomic E-state index is -3.55. The smallest absolute Gasteiger partial charge is 0.251 e. The van der Waals surface area contributed by atoms with Gasteiger partial charge in [0.25, 0.3) is 5.91 Å². The Hall–Kier alpha value is -1.40. The van der Waals surface area contributed by atoms with Crippen molar-refractivity contribution in [1.29, 1.82) is 0 Å². The van der Waals surface area contributed by atoms with Crippen LogP contribution < -0.4 is 5.32 Å². The first-order chi connectivity index (χ1) is 11.2. The Morgan fingerprint density at radius 2 is 1.75 bits per heavy atom. The molecule has 1 aromatic rings. The highest BCUT2D eigenvalue weighted by Crippen LogP contribution is 2.17. The Morgan fingerprint density at radius 3 is 2.29 bits per heavy atom. The molecular weight excluding hydrogens is 324 g/mol. The van der Waals surface area contributed by atoms with Crippen molar-refractivity contribution in [1.82, 2.24) is 9.62 Å². The van der Waals surface area contributed by atoms with Gasteiger partial charge in [-0.2, -0.15) is 4.31 Å². The molecule has 0 radical (unpaired) electrons. The maximum atomic E-state index is 12.6. The number of carbonyl (C=O) groups is 1. The van der Waals surface area contributed by atoms with E-state index in [9.17, 15) is 13.2 Å². The van der Waals surface area contributed by atoms with Crippen molar-refractivity contribution >= 4 is 15.9 Å². The minimum absolute atomic E-state index is 0.0583. The first-order valence-electron chi connectivity index (χ1n) is 8.63. The molecule has 0 fully saturated rings. The molecule has 6 heteroatoms. The molecule has 1 aromatic carbocycles. The molecule has 1 unspecified atom stereocenters. The third-order valence-electron chi connectivity index (χ3n) is 3.99. The summed E-state index contributed by atoms with van der Waals surface area (Å²) in [5.41, 5.74) is 0.375. The third-order valence-corrected chi connectivity index (χ3v) is 6.04. The maximum Gasteiger partial charge on any atom is 0.251 e. The monoisotopic (exact) mass is 354 g/mol. The van der Waals surface area contributed by atoms with Crippen molar-refractivity contribution in [2.45, 2.75) is 58.4 Å². The van der Waals surface area contributed by atoms with Gasteiger partial charge in [-0.3, -0.25) is 4.79 Å². The number of nitrogens with one attached hydrogen (secondary N) is 1. The second-order valence-electron chi connectivity index (χ2n) is 6.46. The normalized spacial score (nSPS) is 13.3. The Morgan fingerprint density at radius 1 is 1.12 bits per heavy atom. The predicted molar refractivity (Wildman–Crippen MR) is 97.5 cm³/mol. The quantitative estimate of drug-likeness (QED) is 0.740. The van der Waals surface area contributed by atoms with Crippen molar-refractivity contribution in [3.63, 3.8) is 0 Å². The van der Waals surface area contributed by atoms with Crippen LogP contribution in [0.5, 0.6) is 0 Å². The molecule has 0 aliphatic rings. The molecule has 0 aliphatic carbocycles. The van der Waals surface area contributed by atoms with Gasteiger partial charge in [-0.05, 0) is 43.9 Å². The Labute approximate surface area is 146 Å². The molecule has 0 bridgehead atoms. The zero-order valence-corrected chi connectivity index (χ0v) is 16.2. The molecule has 1 atom stereocenters. The van der Waals surface area contributed by atoms with Gasteiger partial charge in [0.1, 0.15) is 0 Å². The van der Waals surface area contributed by atoms with Crippen LogP contribution in [0.1, 0.15) is 57.8 Å². The van der Waals surface area contributed by atoms with Gasteiger partial charge in [0.15, 0.2) is 0 Å². The third kappa shape index (κ3) is 5.60. The SMILES string of the molecule is CCN(CC)S(=O)(=O)c1cccc(C(=O)NC(C)CCC(C)C)c1. The highest BCUT2D eigenvalue weighted by atomic mass is 32.2. The summed E-state index contributed by atoms with van der Waals surface area (Å²) in [6, 6.07) is 6.31. The standard InChI is InChI=1S/C18H30N2O3S/c1-6-20(7-2)24(22,23)17-10-8-9-16(13-17)18(21)19-15(5)12-11-14(3)4/h8-10,13-15H,6-7,11-12H2,1-5H3,(H,19,21). The van der Waals surface area contributed by atoms with Crippen LogP contribution in [-0.2, 0) is 10.0 Å². The van der Waals surface area contributed by atoms with E-state index in [1.54, 1.807) is 26.0 Å². The highest BCUT2D eigenvalue weighted by Gasteiger charge is 2.22. The van der Waals surface area contributed by atoms with Gasteiger partial charge in [0.2, 0.25) is 10.0 Å². The van der Waals surface area contributed by atoms with Crippen LogP contribution in [0.15, 0.2) is 29.2 Å². The van der Waals surface area contributed by atoms with Crippen LogP contribution in [0.3, 0.4) is 0 Å². The molecular formula is C18H30N2O3S. The van der Waals surface area contributed by atoms with Gasteiger partial charge in [-0.1, -0.05) is 33.8 Å². The molecule has 0 aromatic heterocycles. The number of benzene rings is 1. The molecule has 5 nitrogen and oxygen atoms in total. The largest absolute Gasteiger partial charge is 0.350 e. The molecule has 0 saturated heterocycles. The van der Waals surface area contributed by atoms with Crippen LogP contribution in [0.25, 0.3) is 0 Å². The van der Waals surface area contributed by atoms with Crippen molar-refractivity contribution in [3.8, 4) is 0 Å². The van der Waals surface area contributed by atoms with E-state index in [0.717, 1.165) is 12.8 Å². The summed E-state index contributed by atoms with van der Waals surface area (Å²) in [7, 11) is -3.55. The van der Waals surface area contributed by atoms with E-state index in [0.29, 0.717) is 24.6 Å². The lowest BCUT2D eigenvalue weighted by atomic mass is 10.0. The molecule has 0 heterocycles. The average molecular weight is 355 g/mol. The summed E-state index contributed by atoms with van der Waals surface area (Å²) >= 11 is 0. The molecule has 24 heavy (non-hydrogen) atoms. The lowest BCUT2D eigenvalue weighted by molar-refractivity contribution is 0.0937. The summed E-state index contributed by atoms with van der Waals surface area (Å²) in [5, 5.41) is 2.94. The first-order valence-corrected chi connectivity index (χ1v) is 10.1. The van der Waals surface area contributed by atoms with Gasteiger partial charge in [-0.25, -0.2) is 8.42 Å². The number of hydrogen-bond donors (Lipinski definition) is 1. The van der Waals surface area contributed by atoms with E-state index in [2.05, 4.69) is 19.2 Å². The number of rotatable bonds is 9. The van der Waals surface area contributed by atoms with Crippen LogP contribution in [0.2, 0.25) is 0 Å². The van der Waals surface area contributed by atoms with Crippen LogP contribution in [0.4, 0.5) is 0 Å². The summed E-state index contributed by atoms with van der Waals surface area (Å²) < 4.78 is 26.5. The van der Waals surface area contributed by atoms with Crippen molar-refractivity contribution < 1.29 is 13.2 Å². The molecule has 0 aliphatic heterocycles. The van der Waals surface area contributed by atoms with Crippen LogP contribution in [0, 0.1) is 5.92 Å². The number of carbonyl (C=O) groups excluding carboxylic acids is 1. The summed E-state index contributed by atoms with van der Waals surface area (Å²) in [5.74, 6) is 0.356. The van der Waals surface area contributed by atoms with E-state index >= 15 is 0 Å². The zero-order valence-electron chi connectivity index (χ0n) is 15.4. The summed E-state index contributed by atoms with van der Waals surface area (Å²) in [6.45, 7) is 10.7. The van der Waals surface area contributed by atoms with Crippen molar-refractivity contribution in [2.75, 3.05) is 13.1 Å². The van der Waals surface area contributed by atoms with Crippen molar-refractivity contribution in [2.24, 2.45) is 5.92 Å². The fourth-order valence-electron chi connectivity index (χ4n) is 2.47. The highest BCUT2D eigenvalue weighted by molar-refractivity contribution is 7.89. The molecule has 136 valence electrons. The van der Waals surface area contributed by atoms with E-state index in [-0.39, 0.29) is 16.8 Å². The van der Waals surface area contributed by atoms with E-state index in [4.69, 9.17) is 0 Å². The molecule has 0 spiro atoms. The second-order valence-corrected chi connectivity index (χ2v) is 8.40. The second kappa shape index (κ2) is 9.18. The Bertz CT molecular complexity index is 637. The summed E-state index contributed by atoms with van der Waals surface area (Å²) in [4.78, 5) is 12.5. The van der Waals surface area contributed by atoms with E-state index in [1.807, 2.05) is 6.92 Å². The molecule has 1 rings (SSSR count). The zero-order chi connectivity index (χ0) is 18.3. The Balaban J connectivity index is 2.90. The number of hydrogen-bond acceptors (Lipinski definition) is 3. The minimum Gasteiger partial charge on any atom is -0.350 e. The first kappa shape index (κ1) is 20.6. The fraction of sp³-hybridized carbons (Fsp3) is 0.611. The van der Waals surface area contributed by atoms with Crippen LogP contribution >= 0.6 is 0 Å². The van der Waals surface area contributed by atoms with E-state index < -0.39 is 10.0 Å². The molecule has 0 saturated carbocycles. The van der Waals surface area contributed by atoms with Gasteiger partial charge in [0.05, 0.1) is 4.90 Å². The Kier molecular flexibility index (Phi) is 7.90. The van der Waals surface area contributed by atoms with Crippen LogP contribution in [-0.4, -0.2) is 37.8 Å². The van der Waals surface area contributed by atoms with Crippen molar-refractivity contribution in [3.05, 3.63) is 29.8 Å². The van der Waals surface area contributed by atoms with Gasteiger partial charge in [-0.15, -0.1) is 0 Å². The molecule has 1 amide bonds. The lowest BCUT2D eigenvalue weighted by Gasteiger charge is -2.19. The number of sulfonamides is 1. The number of nitrogens with zero attached hydrogens (tertiary/aromatic N) is 1. The van der Waals surface area contributed by atoms with Gasteiger partial charge < -0.3 is 5.32 Å². The number of amides is 1.